The molecular weight excluding hydrogens is 399 g/mol. The summed E-state index contributed by atoms with van der Waals surface area (Å²) in [6, 6.07) is 11.1. The molecule has 8 heteroatoms. The van der Waals surface area contributed by atoms with Gasteiger partial charge >= 0.3 is 5.69 Å². The molecule has 1 atom stereocenters. The Bertz CT molecular complexity index is 1230. The first-order valence-electron chi connectivity index (χ1n) is 10.1. The van der Waals surface area contributed by atoms with E-state index < -0.39 is 28.7 Å². The number of hydrogen-bond acceptors (Lipinski definition) is 4. The lowest BCUT2D eigenvalue weighted by molar-refractivity contribution is 0.0929. The topological polar surface area (TPSA) is 86.0 Å². The van der Waals surface area contributed by atoms with Crippen molar-refractivity contribution < 1.29 is 9.18 Å². The van der Waals surface area contributed by atoms with Crippen LogP contribution >= 0.6 is 0 Å². The number of aryl methyl sites for hydroxylation is 2. The van der Waals surface area contributed by atoms with Crippen molar-refractivity contribution in [3.63, 3.8) is 0 Å². The van der Waals surface area contributed by atoms with Crippen molar-refractivity contribution in [2.75, 3.05) is 0 Å². The van der Waals surface area contributed by atoms with Crippen molar-refractivity contribution in [3.8, 4) is 5.69 Å². The van der Waals surface area contributed by atoms with Gasteiger partial charge in [0.2, 0.25) is 5.69 Å². The quantitative estimate of drug-likeness (QED) is 0.659. The number of nitrogens with one attached hydrogen (secondary N) is 1. The highest BCUT2D eigenvalue weighted by Crippen LogP contribution is 2.12. The van der Waals surface area contributed by atoms with E-state index in [-0.39, 0.29) is 18.2 Å². The van der Waals surface area contributed by atoms with Gasteiger partial charge in [-0.05, 0) is 56.5 Å². The van der Waals surface area contributed by atoms with E-state index in [1.54, 1.807) is 25.1 Å². The van der Waals surface area contributed by atoms with Gasteiger partial charge in [0.25, 0.3) is 11.5 Å². The molecule has 31 heavy (non-hydrogen) atoms. The number of benzene rings is 2. The van der Waals surface area contributed by atoms with Gasteiger partial charge < -0.3 is 5.32 Å². The molecule has 1 heterocycles. The molecule has 162 valence electrons. The molecule has 0 aliphatic carbocycles. The number of hydrogen-bond donors (Lipinski definition) is 1. The first-order valence-corrected chi connectivity index (χ1v) is 10.1. The van der Waals surface area contributed by atoms with Crippen molar-refractivity contribution in [1.82, 2.24) is 19.7 Å². The lowest BCUT2D eigenvalue weighted by Crippen LogP contribution is -2.47. The number of carbonyl (C=O) groups is 1. The molecule has 2 aromatic carbocycles. The monoisotopic (exact) mass is 424 g/mol. The lowest BCUT2D eigenvalue weighted by atomic mass is 10.1. The normalized spacial score (nSPS) is 11.9. The molecule has 7 nitrogen and oxygen atoms in total. The number of halogens is 1. The van der Waals surface area contributed by atoms with Crippen LogP contribution in [-0.4, -0.2) is 26.3 Å². The molecule has 0 fully saturated rings. The minimum atomic E-state index is -0.866. The van der Waals surface area contributed by atoms with Crippen molar-refractivity contribution in [3.05, 3.63) is 91.5 Å². The second kappa shape index (κ2) is 9.07. The van der Waals surface area contributed by atoms with E-state index in [1.807, 2.05) is 26.8 Å². The fraction of sp³-hybridized carbons (Fsp3) is 0.304. The number of aromatic nitrogens is 3. The Labute approximate surface area is 179 Å². The number of nitrogens with zero attached hydrogens (tertiary/aromatic N) is 3. The SMILES string of the molecule is CC[C@@H](C)NC(=O)c1nn(-c2cc(C)cc(C)c2)c(=O)n(Cc2ccccc2F)c1=O. The van der Waals surface area contributed by atoms with Crippen LogP contribution in [-0.2, 0) is 6.54 Å². The van der Waals surface area contributed by atoms with Crippen molar-refractivity contribution in [2.24, 2.45) is 0 Å². The maximum Gasteiger partial charge on any atom is 0.352 e. The predicted octanol–water partition coefficient (Wildman–Crippen LogP) is 2.73. The van der Waals surface area contributed by atoms with E-state index in [0.717, 1.165) is 20.4 Å². The summed E-state index contributed by atoms with van der Waals surface area (Å²) < 4.78 is 16.1. The lowest BCUT2D eigenvalue weighted by Gasteiger charge is -2.15. The van der Waals surface area contributed by atoms with Gasteiger partial charge in [-0.1, -0.05) is 31.2 Å². The highest BCUT2D eigenvalue weighted by Gasteiger charge is 2.22. The van der Waals surface area contributed by atoms with E-state index in [4.69, 9.17) is 0 Å². The van der Waals surface area contributed by atoms with E-state index in [9.17, 15) is 18.8 Å². The average Bonchev–Trinajstić information content (AvgIpc) is 2.71. The number of amides is 1. The summed E-state index contributed by atoms with van der Waals surface area (Å²) in [6.07, 6.45) is 0.659. The average molecular weight is 424 g/mol. The summed E-state index contributed by atoms with van der Waals surface area (Å²) >= 11 is 0. The van der Waals surface area contributed by atoms with Crippen LogP contribution in [0.2, 0.25) is 0 Å². The summed E-state index contributed by atoms with van der Waals surface area (Å²) in [5, 5.41) is 6.81. The minimum absolute atomic E-state index is 0.160. The van der Waals surface area contributed by atoms with Gasteiger partial charge in [0.1, 0.15) is 5.82 Å². The largest absolute Gasteiger partial charge is 0.352 e. The van der Waals surface area contributed by atoms with Gasteiger partial charge in [-0.25, -0.2) is 9.18 Å². The fourth-order valence-corrected chi connectivity index (χ4v) is 3.23. The zero-order chi connectivity index (χ0) is 22.7. The Morgan fingerprint density at radius 2 is 1.77 bits per heavy atom. The highest BCUT2D eigenvalue weighted by atomic mass is 19.1. The van der Waals surface area contributed by atoms with Gasteiger partial charge in [0, 0.05) is 11.6 Å². The molecule has 1 N–H and O–H groups in total. The first-order chi connectivity index (χ1) is 14.7. The van der Waals surface area contributed by atoms with Crippen molar-refractivity contribution in [1.29, 1.82) is 0 Å². The maximum atomic E-state index is 14.2. The van der Waals surface area contributed by atoms with E-state index in [1.165, 1.54) is 18.2 Å². The molecule has 3 rings (SSSR count). The Kier molecular flexibility index (Phi) is 6.48. The third-order valence-electron chi connectivity index (χ3n) is 5.00. The van der Waals surface area contributed by atoms with Crippen molar-refractivity contribution >= 4 is 5.91 Å². The Balaban J connectivity index is 2.24. The second-order valence-electron chi connectivity index (χ2n) is 7.65. The molecule has 1 amide bonds. The van der Waals surface area contributed by atoms with Gasteiger partial charge in [0.15, 0.2) is 0 Å². The molecule has 0 aliphatic heterocycles. The van der Waals surface area contributed by atoms with Gasteiger partial charge in [-0.2, -0.15) is 9.78 Å². The molecule has 1 aromatic heterocycles. The molecule has 0 aliphatic rings. The van der Waals surface area contributed by atoms with Crippen LogP contribution in [0, 0.1) is 19.7 Å². The number of carbonyl (C=O) groups excluding carboxylic acids is 1. The van der Waals surface area contributed by atoms with Crippen LogP contribution in [0.15, 0.2) is 52.1 Å². The van der Waals surface area contributed by atoms with Crippen LogP contribution in [0.4, 0.5) is 4.39 Å². The van der Waals surface area contributed by atoms with E-state index in [2.05, 4.69) is 10.4 Å². The van der Waals surface area contributed by atoms with E-state index >= 15 is 0 Å². The zero-order valence-electron chi connectivity index (χ0n) is 18.0. The second-order valence-corrected chi connectivity index (χ2v) is 7.65. The smallest absolute Gasteiger partial charge is 0.348 e. The maximum absolute atomic E-state index is 14.2. The Morgan fingerprint density at radius 3 is 2.39 bits per heavy atom. The van der Waals surface area contributed by atoms with Gasteiger partial charge in [0.05, 0.1) is 12.2 Å². The predicted molar refractivity (Wildman–Crippen MR) is 116 cm³/mol. The van der Waals surface area contributed by atoms with Crippen LogP contribution in [0.25, 0.3) is 5.69 Å². The van der Waals surface area contributed by atoms with Crippen LogP contribution < -0.4 is 16.6 Å². The molecule has 0 bridgehead atoms. The molecule has 0 radical (unpaired) electrons. The molecule has 0 saturated heterocycles. The molecular formula is C23H25FN4O3. The summed E-state index contributed by atoms with van der Waals surface area (Å²) in [7, 11) is 0. The fourth-order valence-electron chi connectivity index (χ4n) is 3.23. The van der Waals surface area contributed by atoms with Gasteiger partial charge in [-0.3, -0.25) is 14.2 Å². The summed E-state index contributed by atoms with van der Waals surface area (Å²) in [6.45, 7) is 7.11. The standard InChI is InChI=1S/C23H25FN4O3/c1-5-16(4)25-21(29)20-22(30)27(13-17-8-6-7-9-19(17)24)23(31)28(26-20)18-11-14(2)10-15(3)12-18/h6-12,16H,5,13H2,1-4H3,(H,25,29)/t16-/m1/s1. The van der Waals surface area contributed by atoms with Crippen LogP contribution in [0.3, 0.4) is 0 Å². The van der Waals surface area contributed by atoms with Crippen molar-refractivity contribution in [2.45, 2.75) is 46.7 Å². The van der Waals surface area contributed by atoms with Crippen LogP contribution in [0.5, 0.6) is 0 Å². The molecule has 3 aromatic rings. The summed E-state index contributed by atoms with van der Waals surface area (Å²) in [5.74, 6) is -1.23. The van der Waals surface area contributed by atoms with E-state index in [0.29, 0.717) is 12.1 Å². The zero-order valence-corrected chi connectivity index (χ0v) is 18.0. The third kappa shape index (κ3) is 4.79. The first kappa shape index (κ1) is 22.1. The minimum Gasteiger partial charge on any atom is -0.348 e. The van der Waals surface area contributed by atoms with Crippen LogP contribution in [0.1, 0.15) is 47.4 Å². The Hall–Kier alpha value is -3.55. The summed E-state index contributed by atoms with van der Waals surface area (Å²) in [4.78, 5) is 39.0. The molecule has 0 saturated carbocycles. The summed E-state index contributed by atoms with van der Waals surface area (Å²) in [5.41, 5.74) is 0.321. The van der Waals surface area contributed by atoms with Gasteiger partial charge in [-0.15, -0.1) is 0 Å². The molecule has 0 unspecified atom stereocenters. The Morgan fingerprint density at radius 1 is 1.13 bits per heavy atom. The highest BCUT2D eigenvalue weighted by molar-refractivity contribution is 5.91. The third-order valence-corrected chi connectivity index (χ3v) is 5.00. The number of rotatable bonds is 6. The molecule has 0 spiro atoms.